The molecule has 0 saturated heterocycles. The van der Waals surface area contributed by atoms with Gasteiger partial charge in [-0.25, -0.2) is 19.9 Å². The van der Waals surface area contributed by atoms with E-state index in [1.54, 1.807) is 35.4 Å². The average molecular weight is 273 g/mol. The summed E-state index contributed by atoms with van der Waals surface area (Å²) in [7, 11) is 1.84. The molecule has 0 amide bonds. The van der Waals surface area contributed by atoms with E-state index in [1.807, 2.05) is 13.2 Å². The van der Waals surface area contributed by atoms with Crippen LogP contribution in [0, 0.1) is 0 Å². The van der Waals surface area contributed by atoms with Gasteiger partial charge < -0.3 is 0 Å². The molecule has 0 atom stereocenters. The van der Waals surface area contributed by atoms with Gasteiger partial charge in [0, 0.05) is 37.3 Å². The lowest BCUT2D eigenvalue weighted by Crippen LogP contribution is -1.96. The molecule has 0 saturated carbocycles. The fourth-order valence-corrected chi connectivity index (χ4v) is 1.82. The van der Waals surface area contributed by atoms with Gasteiger partial charge in [-0.15, -0.1) is 0 Å². The van der Waals surface area contributed by atoms with E-state index in [9.17, 15) is 0 Å². The molecule has 0 bridgehead atoms. The van der Waals surface area contributed by atoms with Crippen LogP contribution >= 0.6 is 11.6 Å². The van der Waals surface area contributed by atoms with Crippen molar-refractivity contribution in [2.45, 2.75) is 0 Å². The van der Waals surface area contributed by atoms with Gasteiger partial charge in [-0.2, -0.15) is 5.10 Å². The Bertz CT molecular complexity index is 709. The molecule has 7 heteroatoms. The Morgan fingerprint density at radius 3 is 2.58 bits per heavy atom. The molecule has 6 nitrogen and oxygen atoms in total. The zero-order chi connectivity index (χ0) is 13.2. The zero-order valence-corrected chi connectivity index (χ0v) is 10.8. The van der Waals surface area contributed by atoms with Crippen molar-refractivity contribution < 1.29 is 0 Å². The fourth-order valence-electron chi connectivity index (χ4n) is 1.63. The largest absolute Gasteiger partial charge is 0.275 e. The highest BCUT2D eigenvalue weighted by atomic mass is 35.5. The predicted molar refractivity (Wildman–Crippen MR) is 70.3 cm³/mol. The molecule has 0 aliphatic rings. The van der Waals surface area contributed by atoms with Gasteiger partial charge in [-0.3, -0.25) is 4.68 Å². The first-order valence-electron chi connectivity index (χ1n) is 5.53. The standard InChI is InChI=1S/C12H9ClN6/c1-19-7-8(6-16-19)9-5-10(13)18-12(17-9)11-14-3-2-4-15-11/h2-7H,1H3. The van der Waals surface area contributed by atoms with Gasteiger partial charge in [0.1, 0.15) is 5.15 Å². The van der Waals surface area contributed by atoms with Crippen LogP contribution in [-0.4, -0.2) is 29.7 Å². The minimum absolute atomic E-state index is 0.344. The topological polar surface area (TPSA) is 69.4 Å². The third kappa shape index (κ3) is 2.43. The second-order valence-electron chi connectivity index (χ2n) is 3.87. The second kappa shape index (κ2) is 4.74. The Hall–Kier alpha value is -2.34. The lowest BCUT2D eigenvalue weighted by molar-refractivity contribution is 0.768. The van der Waals surface area contributed by atoms with Crippen molar-refractivity contribution in [3.8, 4) is 22.9 Å². The highest BCUT2D eigenvalue weighted by molar-refractivity contribution is 6.29. The summed E-state index contributed by atoms with van der Waals surface area (Å²) in [6.07, 6.45) is 6.84. The van der Waals surface area contributed by atoms with Crippen LogP contribution in [0.3, 0.4) is 0 Å². The van der Waals surface area contributed by atoms with Gasteiger partial charge in [0.2, 0.25) is 0 Å². The normalized spacial score (nSPS) is 10.6. The molecule has 19 heavy (non-hydrogen) atoms. The average Bonchev–Trinajstić information content (AvgIpc) is 2.86. The molecular weight excluding hydrogens is 264 g/mol. The highest BCUT2D eigenvalue weighted by Gasteiger charge is 2.10. The van der Waals surface area contributed by atoms with E-state index in [0.29, 0.717) is 22.5 Å². The first kappa shape index (κ1) is 11.7. The van der Waals surface area contributed by atoms with Gasteiger partial charge in [0.15, 0.2) is 11.6 Å². The Morgan fingerprint density at radius 2 is 1.89 bits per heavy atom. The third-order valence-electron chi connectivity index (χ3n) is 2.46. The van der Waals surface area contributed by atoms with Crippen LogP contribution in [0.1, 0.15) is 0 Å². The zero-order valence-electron chi connectivity index (χ0n) is 10.0. The number of nitrogens with zero attached hydrogens (tertiary/aromatic N) is 6. The number of hydrogen-bond donors (Lipinski definition) is 0. The lowest BCUT2D eigenvalue weighted by atomic mass is 10.2. The maximum absolute atomic E-state index is 6.02. The molecule has 3 rings (SSSR count). The highest BCUT2D eigenvalue weighted by Crippen LogP contribution is 2.21. The summed E-state index contributed by atoms with van der Waals surface area (Å²) >= 11 is 6.02. The van der Waals surface area contributed by atoms with E-state index >= 15 is 0 Å². The maximum atomic E-state index is 6.02. The molecule has 94 valence electrons. The first-order chi connectivity index (χ1) is 9.22. The Morgan fingerprint density at radius 1 is 1.11 bits per heavy atom. The molecule has 0 aliphatic heterocycles. The third-order valence-corrected chi connectivity index (χ3v) is 2.65. The molecular formula is C12H9ClN6. The Balaban J connectivity index is 2.11. The summed E-state index contributed by atoms with van der Waals surface area (Å²) in [4.78, 5) is 16.8. The van der Waals surface area contributed by atoms with Crippen LogP contribution in [0.4, 0.5) is 0 Å². The number of rotatable bonds is 2. The van der Waals surface area contributed by atoms with Crippen LogP contribution in [0.5, 0.6) is 0 Å². The van der Waals surface area contributed by atoms with E-state index < -0.39 is 0 Å². The molecule has 0 aromatic carbocycles. The van der Waals surface area contributed by atoms with Crippen LogP contribution in [0.15, 0.2) is 36.9 Å². The van der Waals surface area contributed by atoms with Crippen molar-refractivity contribution in [3.05, 3.63) is 42.1 Å². The van der Waals surface area contributed by atoms with Crippen LogP contribution < -0.4 is 0 Å². The van der Waals surface area contributed by atoms with Crippen LogP contribution in [-0.2, 0) is 7.05 Å². The summed E-state index contributed by atoms with van der Waals surface area (Å²) < 4.78 is 1.70. The molecule has 0 fully saturated rings. The van der Waals surface area contributed by atoms with Gasteiger partial charge in [-0.1, -0.05) is 11.6 Å². The van der Waals surface area contributed by atoms with E-state index in [4.69, 9.17) is 11.6 Å². The maximum Gasteiger partial charge on any atom is 0.199 e. The summed E-state index contributed by atoms with van der Waals surface area (Å²) in [5.74, 6) is 0.835. The number of hydrogen-bond acceptors (Lipinski definition) is 5. The SMILES string of the molecule is Cn1cc(-c2cc(Cl)nc(-c3ncccn3)n2)cn1. The quantitative estimate of drug-likeness (QED) is 0.667. The predicted octanol–water partition coefficient (Wildman–Crippen LogP) is 1.99. The molecule has 3 heterocycles. The molecule has 0 radical (unpaired) electrons. The summed E-state index contributed by atoms with van der Waals surface area (Å²) in [5, 5.41) is 4.45. The molecule has 3 aromatic rings. The fraction of sp³-hybridized carbons (Fsp3) is 0.0833. The Labute approximate surface area is 114 Å². The van der Waals surface area contributed by atoms with Crippen LogP contribution in [0.25, 0.3) is 22.9 Å². The van der Waals surface area contributed by atoms with E-state index in [-0.39, 0.29) is 0 Å². The minimum Gasteiger partial charge on any atom is -0.275 e. The van der Waals surface area contributed by atoms with Crippen molar-refractivity contribution in [1.29, 1.82) is 0 Å². The van der Waals surface area contributed by atoms with E-state index in [0.717, 1.165) is 5.56 Å². The molecule has 0 aliphatic carbocycles. The first-order valence-corrected chi connectivity index (χ1v) is 5.91. The van der Waals surface area contributed by atoms with Gasteiger partial charge in [-0.05, 0) is 6.07 Å². The Kier molecular flexibility index (Phi) is 2.92. The molecule has 0 spiro atoms. The minimum atomic E-state index is 0.344. The van der Waals surface area contributed by atoms with Crippen molar-refractivity contribution in [3.63, 3.8) is 0 Å². The molecule has 3 aromatic heterocycles. The van der Waals surface area contributed by atoms with E-state index in [2.05, 4.69) is 25.0 Å². The summed E-state index contributed by atoms with van der Waals surface area (Å²) in [6.45, 7) is 0. The second-order valence-corrected chi connectivity index (χ2v) is 4.26. The monoisotopic (exact) mass is 272 g/mol. The molecule has 0 unspecified atom stereocenters. The van der Waals surface area contributed by atoms with Gasteiger partial charge in [0.25, 0.3) is 0 Å². The summed E-state index contributed by atoms with van der Waals surface area (Å²) in [5.41, 5.74) is 1.56. The van der Waals surface area contributed by atoms with E-state index in [1.165, 1.54) is 0 Å². The van der Waals surface area contributed by atoms with Gasteiger partial charge in [0.05, 0.1) is 11.9 Å². The van der Waals surface area contributed by atoms with Crippen molar-refractivity contribution in [1.82, 2.24) is 29.7 Å². The smallest absolute Gasteiger partial charge is 0.199 e. The van der Waals surface area contributed by atoms with Crippen molar-refractivity contribution in [2.24, 2.45) is 7.05 Å². The van der Waals surface area contributed by atoms with Crippen molar-refractivity contribution >= 4 is 11.6 Å². The van der Waals surface area contributed by atoms with Gasteiger partial charge >= 0.3 is 0 Å². The van der Waals surface area contributed by atoms with Crippen molar-refractivity contribution in [2.75, 3.05) is 0 Å². The molecule has 0 N–H and O–H groups in total. The summed E-state index contributed by atoms with van der Waals surface area (Å²) in [6, 6.07) is 3.42. The lowest BCUT2D eigenvalue weighted by Gasteiger charge is -2.02. The number of halogens is 1. The van der Waals surface area contributed by atoms with Crippen LogP contribution in [0.2, 0.25) is 5.15 Å². The number of aryl methyl sites for hydroxylation is 1. The number of aromatic nitrogens is 6.